The summed E-state index contributed by atoms with van der Waals surface area (Å²) >= 11 is 0. The summed E-state index contributed by atoms with van der Waals surface area (Å²) in [5, 5.41) is 31.3. The van der Waals surface area contributed by atoms with Gasteiger partial charge >= 0.3 is 11.9 Å². The number of carbonyl (C=O) groups is 2. The van der Waals surface area contributed by atoms with Gasteiger partial charge in [0.15, 0.2) is 0 Å². The Bertz CT molecular complexity index is 875. The standard InChI is InChI=1S/C30H48O8/c1-8-24(33)21(5)29-26(37-29)17-30(7,35)15-9-10-19(3)28-20(4)12-14-25(36-22(6)31)18(2)11-13-23(32)16-27(34)38-28/h9-10,12,14-15,18,20-21,23-26,28-29,32-33,35H,8,11,13,16-17H2,1-7H3/b14-12-,15-9+,19-10+/t18-,20-,21+,23+,24-,25-,26+,28+,29+,30-/m0/s1. The van der Waals surface area contributed by atoms with E-state index in [4.69, 9.17) is 14.2 Å². The minimum absolute atomic E-state index is 0.0131. The summed E-state index contributed by atoms with van der Waals surface area (Å²) in [4.78, 5) is 24.2. The molecular formula is C30H48O8. The number of esters is 2. The van der Waals surface area contributed by atoms with E-state index in [2.05, 4.69) is 0 Å². The van der Waals surface area contributed by atoms with Gasteiger partial charge in [-0.1, -0.05) is 52.0 Å². The van der Waals surface area contributed by atoms with Crippen LogP contribution < -0.4 is 0 Å². The number of allylic oxidation sites excluding steroid dienone is 2. The lowest BCUT2D eigenvalue weighted by atomic mass is 9.91. The molecule has 0 saturated carbocycles. The van der Waals surface area contributed by atoms with E-state index in [0.717, 1.165) is 5.57 Å². The fraction of sp³-hybridized carbons (Fsp3) is 0.733. The number of cyclic esters (lactones) is 1. The van der Waals surface area contributed by atoms with Crippen molar-refractivity contribution < 1.29 is 39.1 Å². The largest absolute Gasteiger partial charge is 0.458 e. The van der Waals surface area contributed by atoms with E-state index in [1.54, 1.807) is 25.2 Å². The van der Waals surface area contributed by atoms with Crippen molar-refractivity contribution in [3.8, 4) is 0 Å². The molecule has 0 unspecified atom stereocenters. The van der Waals surface area contributed by atoms with Crippen LogP contribution in [0.4, 0.5) is 0 Å². The average molecular weight is 537 g/mol. The van der Waals surface area contributed by atoms with Gasteiger partial charge in [0.25, 0.3) is 0 Å². The summed E-state index contributed by atoms with van der Waals surface area (Å²) in [5.41, 5.74) is -0.342. The number of aliphatic hydroxyl groups is 3. The van der Waals surface area contributed by atoms with Crippen molar-refractivity contribution >= 4 is 11.9 Å². The van der Waals surface area contributed by atoms with Gasteiger partial charge in [-0.3, -0.25) is 9.59 Å². The van der Waals surface area contributed by atoms with E-state index >= 15 is 0 Å². The monoisotopic (exact) mass is 536 g/mol. The van der Waals surface area contributed by atoms with Crippen LogP contribution in [0.25, 0.3) is 0 Å². The van der Waals surface area contributed by atoms with Crippen LogP contribution in [0.5, 0.6) is 0 Å². The molecule has 0 aromatic heterocycles. The fourth-order valence-corrected chi connectivity index (χ4v) is 4.99. The van der Waals surface area contributed by atoms with Gasteiger partial charge in [-0.05, 0) is 50.7 Å². The molecule has 0 spiro atoms. The number of hydrogen-bond acceptors (Lipinski definition) is 8. The first-order chi connectivity index (χ1) is 17.7. The molecule has 8 heteroatoms. The summed E-state index contributed by atoms with van der Waals surface area (Å²) in [6.07, 6.45) is 8.48. The molecule has 0 radical (unpaired) electrons. The molecule has 1 fully saturated rings. The van der Waals surface area contributed by atoms with Crippen molar-refractivity contribution in [2.24, 2.45) is 17.8 Å². The Morgan fingerprint density at radius 2 is 1.95 bits per heavy atom. The number of ether oxygens (including phenoxy) is 3. The molecular weight excluding hydrogens is 488 g/mol. The Hall–Kier alpha value is -2.00. The summed E-state index contributed by atoms with van der Waals surface area (Å²) in [7, 11) is 0. The summed E-state index contributed by atoms with van der Waals surface area (Å²) in [6.45, 7) is 12.7. The highest BCUT2D eigenvalue weighted by Crippen LogP contribution is 2.37. The molecule has 38 heavy (non-hydrogen) atoms. The predicted octanol–water partition coefficient (Wildman–Crippen LogP) is 4.02. The molecule has 0 aromatic carbocycles. The van der Waals surface area contributed by atoms with Gasteiger partial charge in [0.05, 0.1) is 36.4 Å². The highest BCUT2D eigenvalue weighted by atomic mass is 16.6. The van der Waals surface area contributed by atoms with Gasteiger partial charge in [0.1, 0.15) is 12.2 Å². The number of aliphatic hydroxyl groups excluding tert-OH is 2. The van der Waals surface area contributed by atoms with Gasteiger partial charge in [0, 0.05) is 25.2 Å². The minimum Gasteiger partial charge on any atom is -0.458 e. The Morgan fingerprint density at radius 1 is 1.26 bits per heavy atom. The van der Waals surface area contributed by atoms with Gasteiger partial charge in [-0.2, -0.15) is 0 Å². The van der Waals surface area contributed by atoms with Crippen molar-refractivity contribution in [3.63, 3.8) is 0 Å². The predicted molar refractivity (Wildman–Crippen MR) is 145 cm³/mol. The molecule has 0 aliphatic carbocycles. The van der Waals surface area contributed by atoms with Crippen molar-refractivity contribution in [1.82, 2.24) is 0 Å². The molecule has 8 nitrogen and oxygen atoms in total. The Morgan fingerprint density at radius 3 is 2.58 bits per heavy atom. The van der Waals surface area contributed by atoms with Crippen LogP contribution in [0.2, 0.25) is 0 Å². The maximum absolute atomic E-state index is 12.6. The molecule has 0 aromatic rings. The van der Waals surface area contributed by atoms with Gasteiger partial charge < -0.3 is 29.5 Å². The first-order valence-electron chi connectivity index (χ1n) is 13.9. The van der Waals surface area contributed by atoms with Crippen LogP contribution in [0.1, 0.15) is 80.6 Å². The van der Waals surface area contributed by atoms with Crippen molar-refractivity contribution in [2.75, 3.05) is 0 Å². The summed E-state index contributed by atoms with van der Waals surface area (Å²) < 4.78 is 17.0. The Kier molecular flexibility index (Phi) is 12.2. The zero-order valence-electron chi connectivity index (χ0n) is 24.0. The lowest BCUT2D eigenvalue weighted by Crippen LogP contribution is -2.30. The third kappa shape index (κ3) is 10.3. The van der Waals surface area contributed by atoms with E-state index in [1.807, 2.05) is 46.8 Å². The average Bonchev–Trinajstić information content (AvgIpc) is 3.59. The maximum Gasteiger partial charge on any atom is 0.309 e. The van der Waals surface area contributed by atoms with E-state index in [1.165, 1.54) is 6.92 Å². The molecule has 216 valence electrons. The highest BCUT2D eigenvalue weighted by Gasteiger charge is 2.47. The number of hydrogen-bond donors (Lipinski definition) is 3. The summed E-state index contributed by atoms with van der Waals surface area (Å²) in [6, 6.07) is 0. The highest BCUT2D eigenvalue weighted by molar-refractivity contribution is 5.70. The Labute approximate surface area is 227 Å². The molecule has 2 rings (SSSR count). The van der Waals surface area contributed by atoms with E-state index in [9.17, 15) is 24.9 Å². The first kappa shape index (κ1) is 32.2. The van der Waals surface area contributed by atoms with Crippen LogP contribution >= 0.6 is 0 Å². The van der Waals surface area contributed by atoms with Crippen molar-refractivity contribution in [1.29, 1.82) is 0 Å². The number of epoxide rings is 1. The first-order valence-corrected chi connectivity index (χ1v) is 13.9. The maximum atomic E-state index is 12.6. The summed E-state index contributed by atoms with van der Waals surface area (Å²) in [5.74, 6) is -1.08. The fourth-order valence-electron chi connectivity index (χ4n) is 4.99. The number of rotatable bonds is 9. The van der Waals surface area contributed by atoms with Crippen LogP contribution in [-0.2, 0) is 23.8 Å². The van der Waals surface area contributed by atoms with E-state index < -0.39 is 36.0 Å². The van der Waals surface area contributed by atoms with Crippen LogP contribution in [0, 0.1) is 17.8 Å². The van der Waals surface area contributed by atoms with Gasteiger partial charge in [-0.15, -0.1) is 0 Å². The second-order valence-corrected chi connectivity index (χ2v) is 11.4. The second-order valence-electron chi connectivity index (χ2n) is 11.4. The topological polar surface area (TPSA) is 126 Å². The normalized spacial score (nSPS) is 35.3. The lowest BCUT2D eigenvalue weighted by Gasteiger charge is -2.27. The van der Waals surface area contributed by atoms with Gasteiger partial charge in [-0.25, -0.2) is 0 Å². The third-order valence-electron chi connectivity index (χ3n) is 7.60. The minimum atomic E-state index is -1.11. The van der Waals surface area contributed by atoms with E-state index in [-0.39, 0.29) is 42.4 Å². The van der Waals surface area contributed by atoms with E-state index in [0.29, 0.717) is 25.7 Å². The second kappa shape index (κ2) is 14.4. The quantitative estimate of drug-likeness (QED) is 0.175. The Balaban J connectivity index is 2.14. The lowest BCUT2D eigenvalue weighted by molar-refractivity contribution is -0.151. The van der Waals surface area contributed by atoms with Crippen molar-refractivity contribution in [3.05, 3.63) is 36.0 Å². The van der Waals surface area contributed by atoms with Crippen LogP contribution in [-0.4, -0.2) is 69.5 Å². The molecule has 3 N–H and O–H groups in total. The number of carbonyl (C=O) groups excluding carboxylic acids is 2. The van der Waals surface area contributed by atoms with Crippen LogP contribution in [0.3, 0.4) is 0 Å². The zero-order valence-corrected chi connectivity index (χ0v) is 24.0. The van der Waals surface area contributed by atoms with Crippen molar-refractivity contribution in [2.45, 2.75) is 123 Å². The van der Waals surface area contributed by atoms with Crippen LogP contribution in [0.15, 0.2) is 36.0 Å². The molecule has 2 heterocycles. The molecule has 1 saturated heterocycles. The molecule has 0 bridgehead atoms. The molecule has 2 aliphatic rings. The molecule has 10 atom stereocenters. The SMILES string of the molecule is CC[C@H](O)[C@@H](C)[C@H]1O[C@@H]1C[C@@](C)(O)/C=C/C=C(\C)[C@H]1OC(=O)C[C@H](O)CC[C@H](C)[C@@H](OC(C)=O)/C=C\[C@@H]1C. The third-order valence-corrected chi connectivity index (χ3v) is 7.60. The molecule has 0 amide bonds. The zero-order chi connectivity index (χ0) is 28.6. The smallest absolute Gasteiger partial charge is 0.309 e. The van der Waals surface area contributed by atoms with Gasteiger partial charge in [0.2, 0.25) is 0 Å². The molecule has 2 aliphatic heterocycles.